The molecule has 1 fully saturated rings. The number of hydrogen-bond donors (Lipinski definition) is 3. The van der Waals surface area contributed by atoms with Crippen molar-refractivity contribution in [1.82, 2.24) is 5.32 Å². The summed E-state index contributed by atoms with van der Waals surface area (Å²) in [6.45, 7) is 0.991. The largest absolute Gasteiger partial charge is 0.473 e. The molecule has 0 heterocycles. The van der Waals surface area contributed by atoms with Gasteiger partial charge in [0, 0.05) is 18.2 Å². The predicted molar refractivity (Wildman–Crippen MR) is 91.5 cm³/mol. The van der Waals surface area contributed by atoms with Crippen LogP contribution in [0.4, 0.5) is 0 Å². The van der Waals surface area contributed by atoms with Crippen LogP contribution in [-0.4, -0.2) is 48.0 Å². The number of aliphatic carboxylic acids is 2. The zero-order valence-electron chi connectivity index (χ0n) is 13.7. The standard InChI is InChI=1S/C15H22ClNO.C2H2O4/c1-18-15-8-3-2-7-14(15)17-10-9-12-5-4-6-13(16)11-12;3-1(4)2(5)6/h4-6,11,14-15,17H,2-3,7-10H2,1H3;(H,3,4)(H,5,6). The predicted octanol–water partition coefficient (Wildman–Crippen LogP) is 2.59. The summed E-state index contributed by atoms with van der Waals surface area (Å²) in [7, 11) is 1.82. The lowest BCUT2D eigenvalue weighted by molar-refractivity contribution is -0.159. The summed E-state index contributed by atoms with van der Waals surface area (Å²) < 4.78 is 5.54. The number of nitrogens with one attached hydrogen (secondary N) is 1. The van der Waals surface area contributed by atoms with Gasteiger partial charge < -0.3 is 20.3 Å². The fourth-order valence-corrected chi connectivity index (χ4v) is 2.92. The molecule has 0 aromatic heterocycles. The number of carboxylic acids is 2. The van der Waals surface area contributed by atoms with Gasteiger partial charge in [0.1, 0.15) is 0 Å². The van der Waals surface area contributed by atoms with E-state index in [4.69, 9.17) is 36.1 Å². The molecule has 1 aliphatic rings. The molecule has 1 aromatic carbocycles. The molecule has 2 rings (SSSR count). The monoisotopic (exact) mass is 357 g/mol. The molecule has 0 aliphatic heterocycles. The molecule has 1 aliphatic carbocycles. The van der Waals surface area contributed by atoms with E-state index >= 15 is 0 Å². The minimum absolute atomic E-state index is 0.387. The molecule has 3 N–H and O–H groups in total. The molecule has 0 radical (unpaired) electrons. The minimum atomic E-state index is -1.82. The third-order valence-electron chi connectivity index (χ3n) is 3.90. The average Bonchev–Trinajstić information content (AvgIpc) is 2.56. The van der Waals surface area contributed by atoms with E-state index in [9.17, 15) is 0 Å². The van der Waals surface area contributed by atoms with Gasteiger partial charge in [-0.1, -0.05) is 36.6 Å². The van der Waals surface area contributed by atoms with Crippen molar-refractivity contribution < 1.29 is 24.5 Å². The Morgan fingerprint density at radius 3 is 2.50 bits per heavy atom. The Kier molecular flexibility index (Phi) is 9.37. The maximum Gasteiger partial charge on any atom is 0.414 e. The van der Waals surface area contributed by atoms with Crippen molar-refractivity contribution >= 4 is 23.5 Å². The van der Waals surface area contributed by atoms with Gasteiger partial charge in [-0.25, -0.2) is 9.59 Å². The Bertz CT molecular complexity index is 525. The number of halogens is 1. The fourth-order valence-electron chi connectivity index (χ4n) is 2.71. The van der Waals surface area contributed by atoms with Gasteiger partial charge in [-0.3, -0.25) is 0 Å². The van der Waals surface area contributed by atoms with E-state index in [2.05, 4.69) is 11.4 Å². The van der Waals surface area contributed by atoms with Crippen LogP contribution in [0.3, 0.4) is 0 Å². The van der Waals surface area contributed by atoms with Crippen LogP contribution in [0.2, 0.25) is 5.02 Å². The van der Waals surface area contributed by atoms with Crippen molar-refractivity contribution in [1.29, 1.82) is 0 Å². The highest BCUT2D eigenvalue weighted by atomic mass is 35.5. The summed E-state index contributed by atoms with van der Waals surface area (Å²) in [5.74, 6) is -3.65. The van der Waals surface area contributed by atoms with Crippen molar-refractivity contribution in [3.8, 4) is 0 Å². The van der Waals surface area contributed by atoms with Gasteiger partial charge in [-0.05, 0) is 43.5 Å². The van der Waals surface area contributed by atoms with Crippen molar-refractivity contribution in [2.24, 2.45) is 0 Å². The number of rotatable bonds is 5. The van der Waals surface area contributed by atoms with Crippen molar-refractivity contribution in [3.63, 3.8) is 0 Å². The molecule has 6 nitrogen and oxygen atoms in total. The van der Waals surface area contributed by atoms with Crippen molar-refractivity contribution in [2.75, 3.05) is 13.7 Å². The Morgan fingerprint density at radius 1 is 1.25 bits per heavy atom. The maximum absolute atomic E-state index is 9.10. The quantitative estimate of drug-likeness (QED) is 0.701. The van der Waals surface area contributed by atoms with Crippen LogP contribution >= 0.6 is 11.6 Å². The van der Waals surface area contributed by atoms with Crippen LogP contribution in [0.5, 0.6) is 0 Å². The first-order chi connectivity index (χ1) is 11.4. The number of hydrogen-bond acceptors (Lipinski definition) is 4. The van der Waals surface area contributed by atoms with Gasteiger partial charge in [0.05, 0.1) is 6.10 Å². The lowest BCUT2D eigenvalue weighted by Gasteiger charge is -2.31. The Morgan fingerprint density at radius 2 is 1.92 bits per heavy atom. The summed E-state index contributed by atoms with van der Waals surface area (Å²) >= 11 is 5.98. The molecule has 24 heavy (non-hydrogen) atoms. The van der Waals surface area contributed by atoms with E-state index in [1.54, 1.807) is 0 Å². The molecule has 134 valence electrons. The fraction of sp³-hybridized carbons (Fsp3) is 0.529. The maximum atomic E-state index is 9.10. The van der Waals surface area contributed by atoms with Crippen molar-refractivity contribution in [2.45, 2.75) is 44.2 Å². The summed E-state index contributed by atoms with van der Waals surface area (Å²) in [5, 5.41) is 19.2. The summed E-state index contributed by atoms with van der Waals surface area (Å²) in [4.78, 5) is 18.2. The van der Waals surface area contributed by atoms with Gasteiger partial charge in [0.25, 0.3) is 0 Å². The molecule has 1 saturated carbocycles. The molecule has 0 bridgehead atoms. The second-order valence-corrected chi connectivity index (χ2v) is 6.05. The molecule has 2 unspecified atom stereocenters. The van der Waals surface area contributed by atoms with Gasteiger partial charge in [-0.15, -0.1) is 0 Å². The first-order valence-electron chi connectivity index (χ1n) is 7.91. The molecule has 0 saturated heterocycles. The van der Waals surface area contributed by atoms with Crippen LogP contribution < -0.4 is 5.32 Å². The molecular formula is C17H24ClNO5. The molecule has 0 spiro atoms. The number of carboxylic acid groups (broad SMARTS) is 2. The summed E-state index contributed by atoms with van der Waals surface area (Å²) in [6, 6.07) is 8.61. The molecule has 0 amide bonds. The number of carbonyl (C=O) groups is 2. The third kappa shape index (κ3) is 7.77. The third-order valence-corrected chi connectivity index (χ3v) is 4.13. The lowest BCUT2D eigenvalue weighted by Crippen LogP contribution is -2.43. The first kappa shape index (κ1) is 20.4. The molecular weight excluding hydrogens is 334 g/mol. The van der Waals surface area contributed by atoms with Gasteiger partial charge >= 0.3 is 11.9 Å². The van der Waals surface area contributed by atoms with E-state index in [0.717, 1.165) is 18.0 Å². The van der Waals surface area contributed by atoms with Gasteiger partial charge in [-0.2, -0.15) is 0 Å². The molecule has 7 heteroatoms. The van der Waals surface area contributed by atoms with Crippen LogP contribution in [0.15, 0.2) is 24.3 Å². The lowest BCUT2D eigenvalue weighted by atomic mass is 9.92. The molecule has 1 aromatic rings. The van der Waals surface area contributed by atoms with Crippen LogP contribution in [0.25, 0.3) is 0 Å². The second-order valence-electron chi connectivity index (χ2n) is 5.61. The van der Waals surface area contributed by atoms with E-state index in [1.165, 1.54) is 31.2 Å². The second kappa shape index (κ2) is 11.0. The Hall–Kier alpha value is -1.63. The summed E-state index contributed by atoms with van der Waals surface area (Å²) in [5.41, 5.74) is 1.29. The minimum Gasteiger partial charge on any atom is -0.473 e. The number of methoxy groups -OCH3 is 1. The highest BCUT2D eigenvalue weighted by Crippen LogP contribution is 2.20. The number of benzene rings is 1. The van der Waals surface area contributed by atoms with Gasteiger partial charge in [0.2, 0.25) is 0 Å². The smallest absolute Gasteiger partial charge is 0.414 e. The first-order valence-corrected chi connectivity index (χ1v) is 8.28. The SMILES string of the molecule is COC1CCCCC1NCCc1cccc(Cl)c1.O=C(O)C(=O)O. The van der Waals surface area contributed by atoms with Gasteiger partial charge in [0.15, 0.2) is 0 Å². The highest BCUT2D eigenvalue weighted by Gasteiger charge is 2.23. The van der Waals surface area contributed by atoms with Crippen LogP contribution in [0, 0.1) is 0 Å². The topological polar surface area (TPSA) is 95.9 Å². The van der Waals surface area contributed by atoms with E-state index in [0.29, 0.717) is 12.1 Å². The summed E-state index contributed by atoms with van der Waals surface area (Å²) in [6.07, 6.45) is 6.44. The van der Waals surface area contributed by atoms with Crippen molar-refractivity contribution in [3.05, 3.63) is 34.9 Å². The Labute approximate surface area is 146 Å². The van der Waals surface area contributed by atoms with E-state index < -0.39 is 11.9 Å². The average molecular weight is 358 g/mol. The van der Waals surface area contributed by atoms with Crippen LogP contribution in [0.1, 0.15) is 31.2 Å². The number of ether oxygens (including phenoxy) is 1. The van der Waals surface area contributed by atoms with E-state index in [1.807, 2.05) is 25.3 Å². The molecule has 2 atom stereocenters. The normalized spacial score (nSPS) is 19.9. The highest BCUT2D eigenvalue weighted by molar-refractivity contribution is 6.30. The zero-order chi connectivity index (χ0) is 17.9. The van der Waals surface area contributed by atoms with E-state index in [-0.39, 0.29) is 0 Å². The van der Waals surface area contributed by atoms with Crippen LogP contribution in [-0.2, 0) is 20.7 Å². The zero-order valence-corrected chi connectivity index (χ0v) is 14.5. The Balaban J connectivity index is 0.000000413.